The zero-order valence-corrected chi connectivity index (χ0v) is 11.9. The van der Waals surface area contributed by atoms with Crippen LogP contribution >= 0.6 is 0 Å². The van der Waals surface area contributed by atoms with Gasteiger partial charge >= 0.3 is 0 Å². The highest BCUT2D eigenvalue weighted by Gasteiger charge is 2.42. The topological polar surface area (TPSA) is 9.23 Å². The van der Waals surface area contributed by atoms with E-state index in [-0.39, 0.29) is 12.1 Å². The highest BCUT2D eigenvalue weighted by atomic mass is 19.2. The number of hydrogen-bond donors (Lipinski definition) is 0. The Hall–Kier alpha value is -1.93. The lowest BCUT2D eigenvalue weighted by Gasteiger charge is -2.25. The van der Waals surface area contributed by atoms with Crippen molar-refractivity contribution >= 4 is 12.7 Å². The van der Waals surface area contributed by atoms with Crippen LogP contribution in [0.15, 0.2) is 29.6 Å². The van der Waals surface area contributed by atoms with Crippen molar-refractivity contribution in [2.24, 2.45) is 0 Å². The van der Waals surface area contributed by atoms with Gasteiger partial charge in [-0.05, 0) is 18.5 Å². The molecule has 2 atom stereocenters. The fourth-order valence-electron chi connectivity index (χ4n) is 2.18. The molecule has 0 bridgehead atoms. The standard InChI is InChI=1S/C14H9BF7O/c1-14(22)4-7(18)8(11(20)13(14)21)15-9-10(19)5(16)3-6(17)12(9)23-2/h3-4,8H,1-2H3. The molecule has 1 aromatic rings. The number of halogens is 7. The maximum absolute atomic E-state index is 13.8. The molecule has 0 spiro atoms. The van der Waals surface area contributed by atoms with Gasteiger partial charge in [-0.3, -0.25) is 0 Å². The van der Waals surface area contributed by atoms with E-state index in [2.05, 4.69) is 4.74 Å². The van der Waals surface area contributed by atoms with Crippen LogP contribution in [0.4, 0.5) is 30.7 Å². The molecular formula is C14H9BF7O. The molecular weight excluding hydrogens is 328 g/mol. The highest BCUT2D eigenvalue weighted by molar-refractivity contribution is 6.57. The van der Waals surface area contributed by atoms with Crippen LogP contribution in [0.3, 0.4) is 0 Å². The Balaban J connectivity index is 2.52. The van der Waals surface area contributed by atoms with Gasteiger partial charge in [-0.2, -0.15) is 0 Å². The van der Waals surface area contributed by atoms with E-state index in [1.807, 2.05) is 0 Å². The largest absolute Gasteiger partial charge is 0.494 e. The summed E-state index contributed by atoms with van der Waals surface area (Å²) < 4.78 is 99.9. The summed E-state index contributed by atoms with van der Waals surface area (Å²) >= 11 is 0. The maximum atomic E-state index is 13.8. The number of rotatable bonds is 3. The Morgan fingerprint density at radius 1 is 1.09 bits per heavy atom. The number of ether oxygens (including phenoxy) is 1. The summed E-state index contributed by atoms with van der Waals surface area (Å²) in [4.78, 5) is 0. The first-order valence-electron chi connectivity index (χ1n) is 6.29. The van der Waals surface area contributed by atoms with Gasteiger partial charge in [0.1, 0.15) is 11.7 Å². The fraction of sp³-hybridized carbons (Fsp3) is 0.286. The molecule has 23 heavy (non-hydrogen) atoms. The summed E-state index contributed by atoms with van der Waals surface area (Å²) in [6, 6.07) is 0.185. The Morgan fingerprint density at radius 2 is 1.70 bits per heavy atom. The summed E-state index contributed by atoms with van der Waals surface area (Å²) in [6.07, 6.45) is 0.159. The molecule has 0 aliphatic heterocycles. The Bertz CT molecular complexity index is 712. The molecule has 1 aliphatic carbocycles. The predicted molar refractivity (Wildman–Crippen MR) is 70.0 cm³/mol. The molecule has 2 rings (SSSR count). The smallest absolute Gasteiger partial charge is 0.182 e. The van der Waals surface area contributed by atoms with Crippen molar-refractivity contribution in [2.45, 2.75) is 18.4 Å². The second-order valence-electron chi connectivity index (χ2n) is 5.01. The van der Waals surface area contributed by atoms with E-state index in [4.69, 9.17) is 0 Å². The van der Waals surface area contributed by atoms with Gasteiger partial charge in [-0.25, -0.2) is 30.7 Å². The van der Waals surface area contributed by atoms with Crippen molar-refractivity contribution in [1.82, 2.24) is 0 Å². The van der Waals surface area contributed by atoms with E-state index in [1.165, 1.54) is 0 Å². The Kier molecular flexibility index (Phi) is 4.50. The lowest BCUT2D eigenvalue weighted by Crippen LogP contribution is -2.32. The highest BCUT2D eigenvalue weighted by Crippen LogP contribution is 2.43. The van der Waals surface area contributed by atoms with Gasteiger partial charge in [0.2, 0.25) is 0 Å². The summed E-state index contributed by atoms with van der Waals surface area (Å²) in [5.41, 5.74) is -3.95. The quantitative estimate of drug-likeness (QED) is 0.461. The minimum absolute atomic E-state index is 0.159. The number of hydrogen-bond acceptors (Lipinski definition) is 1. The third-order valence-electron chi connectivity index (χ3n) is 3.32. The summed E-state index contributed by atoms with van der Waals surface area (Å²) in [5.74, 6) is -12.8. The second kappa shape index (κ2) is 5.94. The van der Waals surface area contributed by atoms with Crippen molar-refractivity contribution in [1.29, 1.82) is 0 Å². The van der Waals surface area contributed by atoms with E-state index < -0.39 is 57.6 Å². The van der Waals surface area contributed by atoms with Crippen LogP contribution in [0.25, 0.3) is 0 Å². The van der Waals surface area contributed by atoms with Crippen molar-refractivity contribution < 1.29 is 35.5 Å². The minimum Gasteiger partial charge on any atom is -0.494 e. The first kappa shape index (κ1) is 17.4. The first-order valence-corrected chi connectivity index (χ1v) is 6.29. The summed E-state index contributed by atoms with van der Waals surface area (Å²) in [5, 5.41) is 0. The van der Waals surface area contributed by atoms with Gasteiger partial charge in [-0.1, -0.05) is 0 Å². The number of benzene rings is 1. The van der Waals surface area contributed by atoms with Gasteiger partial charge in [0.25, 0.3) is 0 Å². The SMILES string of the molecule is COc1c(F)cc(F)c(F)c1[B]C1C(F)=CC(C)(F)C(F)=C1F. The van der Waals surface area contributed by atoms with Crippen molar-refractivity contribution in [3.8, 4) is 5.75 Å². The second-order valence-corrected chi connectivity index (χ2v) is 5.01. The minimum atomic E-state index is -3.01. The van der Waals surface area contributed by atoms with Gasteiger partial charge in [-0.15, -0.1) is 0 Å². The molecule has 1 aromatic carbocycles. The number of methoxy groups -OCH3 is 1. The van der Waals surface area contributed by atoms with Crippen LogP contribution in [0.5, 0.6) is 5.75 Å². The molecule has 0 heterocycles. The lowest BCUT2D eigenvalue weighted by molar-refractivity contribution is 0.233. The Labute approximate surface area is 127 Å². The monoisotopic (exact) mass is 337 g/mol. The third kappa shape index (κ3) is 2.96. The molecule has 0 saturated carbocycles. The van der Waals surface area contributed by atoms with Crippen molar-refractivity contribution in [3.63, 3.8) is 0 Å². The zero-order valence-electron chi connectivity index (χ0n) is 11.9. The number of alkyl halides is 1. The zero-order chi connectivity index (χ0) is 17.5. The molecule has 9 heteroatoms. The molecule has 1 nitrogen and oxygen atoms in total. The van der Waals surface area contributed by atoms with E-state index in [0.29, 0.717) is 14.2 Å². The van der Waals surface area contributed by atoms with Gasteiger partial charge < -0.3 is 4.74 Å². The van der Waals surface area contributed by atoms with Crippen molar-refractivity contribution in [3.05, 3.63) is 47.1 Å². The maximum Gasteiger partial charge on any atom is 0.182 e. The molecule has 0 N–H and O–H groups in total. The Morgan fingerprint density at radius 3 is 2.26 bits per heavy atom. The molecule has 1 aliphatic rings. The normalized spacial score (nSPS) is 24.6. The van der Waals surface area contributed by atoms with Gasteiger partial charge in [0.05, 0.1) is 7.11 Å². The fourth-order valence-corrected chi connectivity index (χ4v) is 2.18. The van der Waals surface area contributed by atoms with Crippen LogP contribution in [-0.2, 0) is 0 Å². The summed E-state index contributed by atoms with van der Waals surface area (Å²) in [6.45, 7) is 0.584. The van der Waals surface area contributed by atoms with Gasteiger partial charge in [0.15, 0.2) is 42.0 Å². The average Bonchev–Trinajstić information content (AvgIpc) is 2.46. The van der Waals surface area contributed by atoms with Crippen LogP contribution < -0.4 is 10.2 Å². The van der Waals surface area contributed by atoms with E-state index >= 15 is 0 Å². The van der Waals surface area contributed by atoms with Crippen LogP contribution in [0, 0.1) is 17.5 Å². The van der Waals surface area contributed by atoms with Gasteiger partial charge in [0, 0.05) is 11.9 Å². The molecule has 0 aromatic heterocycles. The molecule has 0 fully saturated rings. The average molecular weight is 337 g/mol. The predicted octanol–water partition coefficient (Wildman–Crippen LogP) is 3.98. The molecule has 123 valence electrons. The lowest BCUT2D eigenvalue weighted by atomic mass is 9.56. The van der Waals surface area contributed by atoms with E-state index in [1.54, 1.807) is 0 Å². The number of allylic oxidation sites excluding steroid dienone is 4. The van der Waals surface area contributed by atoms with E-state index in [9.17, 15) is 30.7 Å². The van der Waals surface area contributed by atoms with Crippen molar-refractivity contribution in [2.75, 3.05) is 7.11 Å². The van der Waals surface area contributed by atoms with Crippen LogP contribution in [0.2, 0.25) is 5.82 Å². The summed E-state index contributed by atoms with van der Waals surface area (Å²) in [7, 11) is 1.31. The molecule has 1 radical (unpaired) electrons. The molecule has 0 amide bonds. The van der Waals surface area contributed by atoms with Crippen LogP contribution in [0.1, 0.15) is 6.92 Å². The first-order chi connectivity index (χ1) is 10.6. The van der Waals surface area contributed by atoms with E-state index in [0.717, 1.165) is 7.11 Å². The third-order valence-corrected chi connectivity index (χ3v) is 3.32. The molecule has 0 saturated heterocycles. The van der Waals surface area contributed by atoms with Crippen LogP contribution in [-0.4, -0.2) is 20.1 Å². The molecule has 2 unspecified atom stereocenters.